The minimum atomic E-state index is 0.877. The molecule has 1 aromatic carbocycles. The molecule has 0 amide bonds. The average Bonchev–Trinajstić information content (AvgIpc) is 2.35. The van der Waals surface area contributed by atoms with Crippen molar-refractivity contribution in [1.82, 2.24) is 0 Å². The summed E-state index contributed by atoms with van der Waals surface area (Å²) < 4.78 is 5.72. The summed E-state index contributed by atoms with van der Waals surface area (Å²) in [5.74, 6) is 1.78. The Balaban J connectivity index is 2.50. The van der Waals surface area contributed by atoms with E-state index >= 15 is 0 Å². The van der Waals surface area contributed by atoms with E-state index in [1.54, 1.807) is 6.08 Å². The first kappa shape index (κ1) is 10.5. The second kappa shape index (κ2) is 4.67. The average molecular weight is 210 g/mol. The Morgan fingerprint density at radius 3 is 2.81 bits per heavy atom. The van der Waals surface area contributed by atoms with Crippen molar-refractivity contribution in [2.24, 2.45) is 0 Å². The first-order valence-electron chi connectivity index (χ1n) is 5.29. The van der Waals surface area contributed by atoms with Crippen LogP contribution >= 0.6 is 0 Å². The van der Waals surface area contributed by atoms with Crippen LogP contribution in [-0.2, 0) is 0 Å². The van der Waals surface area contributed by atoms with E-state index in [9.17, 15) is 0 Å². The van der Waals surface area contributed by atoms with Gasteiger partial charge in [-0.3, -0.25) is 0 Å². The minimum absolute atomic E-state index is 0.877. The van der Waals surface area contributed by atoms with Gasteiger partial charge in [-0.05, 0) is 30.7 Å². The van der Waals surface area contributed by atoms with Crippen molar-refractivity contribution in [3.63, 3.8) is 0 Å². The Morgan fingerprint density at radius 2 is 2.06 bits per heavy atom. The monoisotopic (exact) mass is 210 g/mol. The Morgan fingerprint density at radius 1 is 1.25 bits per heavy atom. The van der Waals surface area contributed by atoms with Gasteiger partial charge >= 0.3 is 0 Å². The number of ether oxygens (including phenoxy) is 1. The smallest absolute Gasteiger partial charge is 0.135 e. The van der Waals surface area contributed by atoms with Crippen molar-refractivity contribution in [2.45, 2.75) is 6.92 Å². The van der Waals surface area contributed by atoms with Crippen LogP contribution in [0.3, 0.4) is 0 Å². The van der Waals surface area contributed by atoms with E-state index in [1.807, 2.05) is 49.4 Å². The molecule has 1 nitrogen and oxygen atoms in total. The van der Waals surface area contributed by atoms with Crippen molar-refractivity contribution >= 4 is 5.57 Å². The fraction of sp³-hybridized carbons (Fsp3) is 0.0667. The highest BCUT2D eigenvalue weighted by atomic mass is 16.5. The Hall–Kier alpha value is -2.02. The summed E-state index contributed by atoms with van der Waals surface area (Å²) in [6.45, 7) is 5.65. The van der Waals surface area contributed by atoms with E-state index in [2.05, 4.69) is 12.6 Å². The predicted octanol–water partition coefficient (Wildman–Crippen LogP) is 4.11. The van der Waals surface area contributed by atoms with Gasteiger partial charge in [0.05, 0.1) is 0 Å². The second-order valence-electron chi connectivity index (χ2n) is 3.48. The fourth-order valence-electron chi connectivity index (χ4n) is 1.63. The lowest BCUT2D eigenvalue weighted by Gasteiger charge is -2.18. The summed E-state index contributed by atoms with van der Waals surface area (Å²) in [5, 5.41) is 0. The largest absolute Gasteiger partial charge is 0.457 e. The highest BCUT2D eigenvalue weighted by Gasteiger charge is 2.13. The molecule has 1 heteroatoms. The number of hydrogen-bond donors (Lipinski definition) is 0. The molecular formula is C15H14O. The molecule has 0 saturated heterocycles. The van der Waals surface area contributed by atoms with Gasteiger partial charge in [0.1, 0.15) is 11.5 Å². The molecule has 0 bridgehead atoms. The highest BCUT2D eigenvalue weighted by Crippen LogP contribution is 2.33. The van der Waals surface area contributed by atoms with E-state index in [0.717, 1.165) is 22.6 Å². The molecule has 2 rings (SSSR count). The molecule has 80 valence electrons. The number of hydrogen-bond acceptors (Lipinski definition) is 1. The first-order valence-corrected chi connectivity index (χ1v) is 5.29. The quantitative estimate of drug-likeness (QED) is 0.667. The van der Waals surface area contributed by atoms with Gasteiger partial charge in [0.2, 0.25) is 0 Å². The molecule has 0 fully saturated rings. The summed E-state index contributed by atoms with van der Waals surface area (Å²) in [6.07, 6.45) is 9.73. The maximum atomic E-state index is 5.72. The van der Waals surface area contributed by atoms with Gasteiger partial charge in [-0.1, -0.05) is 43.0 Å². The van der Waals surface area contributed by atoms with Crippen molar-refractivity contribution in [1.29, 1.82) is 0 Å². The predicted molar refractivity (Wildman–Crippen MR) is 68.1 cm³/mol. The molecule has 0 aromatic heterocycles. The second-order valence-corrected chi connectivity index (χ2v) is 3.48. The zero-order valence-corrected chi connectivity index (χ0v) is 9.31. The van der Waals surface area contributed by atoms with Crippen LogP contribution in [-0.4, -0.2) is 0 Å². The van der Waals surface area contributed by atoms with E-state index in [1.165, 1.54) is 0 Å². The van der Waals surface area contributed by atoms with E-state index < -0.39 is 0 Å². The molecule has 1 heterocycles. The molecular weight excluding hydrogens is 196 g/mol. The molecule has 0 radical (unpaired) electrons. The standard InChI is InChI=1S/C15H14O/c1-3-5-8-12-11-13(4-2)16-15-10-7-6-9-14(12)15/h3-11H,1H2,2H3/b8-5+,13-4-. The van der Waals surface area contributed by atoms with Gasteiger partial charge in [-0.2, -0.15) is 0 Å². The van der Waals surface area contributed by atoms with Crippen LogP contribution < -0.4 is 4.74 Å². The zero-order valence-electron chi connectivity index (χ0n) is 9.31. The molecule has 0 saturated carbocycles. The van der Waals surface area contributed by atoms with Crippen molar-refractivity contribution < 1.29 is 4.74 Å². The molecule has 1 aliphatic rings. The highest BCUT2D eigenvalue weighted by molar-refractivity contribution is 5.81. The summed E-state index contributed by atoms with van der Waals surface area (Å²) in [5.41, 5.74) is 2.26. The number of rotatable bonds is 2. The topological polar surface area (TPSA) is 9.23 Å². The van der Waals surface area contributed by atoms with Crippen LogP contribution in [0, 0.1) is 0 Å². The number of allylic oxidation sites excluding steroid dienone is 6. The molecule has 0 atom stereocenters. The molecule has 0 N–H and O–H groups in total. The van der Waals surface area contributed by atoms with E-state index in [-0.39, 0.29) is 0 Å². The summed E-state index contributed by atoms with van der Waals surface area (Å²) in [6, 6.07) is 8.03. The lowest BCUT2D eigenvalue weighted by Crippen LogP contribution is -2.01. The molecule has 16 heavy (non-hydrogen) atoms. The lowest BCUT2D eigenvalue weighted by atomic mass is 10.0. The van der Waals surface area contributed by atoms with Crippen LogP contribution in [0.4, 0.5) is 0 Å². The summed E-state index contributed by atoms with van der Waals surface area (Å²) in [7, 11) is 0. The summed E-state index contributed by atoms with van der Waals surface area (Å²) >= 11 is 0. The molecule has 1 aliphatic heterocycles. The molecule has 0 unspecified atom stereocenters. The minimum Gasteiger partial charge on any atom is -0.457 e. The Labute approximate surface area is 96.1 Å². The summed E-state index contributed by atoms with van der Waals surface area (Å²) in [4.78, 5) is 0. The van der Waals surface area contributed by atoms with Crippen molar-refractivity contribution in [3.8, 4) is 5.75 Å². The van der Waals surface area contributed by atoms with Gasteiger partial charge in [0.15, 0.2) is 0 Å². The molecule has 1 aromatic rings. The molecule has 0 aliphatic carbocycles. The van der Waals surface area contributed by atoms with Gasteiger partial charge in [-0.15, -0.1) is 0 Å². The third-order valence-corrected chi connectivity index (χ3v) is 2.42. The maximum Gasteiger partial charge on any atom is 0.135 e. The van der Waals surface area contributed by atoms with Gasteiger partial charge < -0.3 is 4.74 Å². The van der Waals surface area contributed by atoms with E-state index in [4.69, 9.17) is 4.74 Å². The lowest BCUT2D eigenvalue weighted by molar-refractivity contribution is 0.438. The Bertz CT molecular complexity index is 490. The first-order chi connectivity index (χ1) is 7.85. The number of fused-ring (bicyclic) bond motifs is 1. The van der Waals surface area contributed by atoms with Crippen LogP contribution in [0.15, 0.2) is 67.0 Å². The van der Waals surface area contributed by atoms with Crippen LogP contribution in [0.25, 0.3) is 5.57 Å². The van der Waals surface area contributed by atoms with Gasteiger partial charge in [0.25, 0.3) is 0 Å². The third kappa shape index (κ3) is 1.98. The SMILES string of the molecule is C=C/C=C/C1=CC(=C/C)/Oc2ccccc21. The third-order valence-electron chi connectivity index (χ3n) is 2.42. The van der Waals surface area contributed by atoms with Crippen molar-refractivity contribution in [2.75, 3.05) is 0 Å². The molecule has 0 spiro atoms. The zero-order chi connectivity index (χ0) is 11.4. The number of para-hydroxylation sites is 1. The Kier molecular flexibility index (Phi) is 3.06. The van der Waals surface area contributed by atoms with Gasteiger partial charge in [0, 0.05) is 5.56 Å². The fourth-order valence-corrected chi connectivity index (χ4v) is 1.63. The van der Waals surface area contributed by atoms with Crippen molar-refractivity contribution in [3.05, 3.63) is 72.5 Å². The van der Waals surface area contributed by atoms with Gasteiger partial charge in [-0.25, -0.2) is 0 Å². The van der Waals surface area contributed by atoms with Crippen LogP contribution in [0.1, 0.15) is 12.5 Å². The van der Waals surface area contributed by atoms with E-state index in [0.29, 0.717) is 0 Å². The van der Waals surface area contributed by atoms with Crippen LogP contribution in [0.2, 0.25) is 0 Å². The van der Waals surface area contributed by atoms with Crippen LogP contribution in [0.5, 0.6) is 5.75 Å². The normalized spacial score (nSPS) is 16.8. The number of benzene rings is 1. The maximum absolute atomic E-state index is 5.72.